The van der Waals surface area contributed by atoms with Crippen molar-refractivity contribution in [3.05, 3.63) is 0 Å². The minimum atomic E-state index is -0.980. The lowest BCUT2D eigenvalue weighted by molar-refractivity contribution is -0.163. The molecule has 2 heterocycles. The molecule has 6 nitrogen and oxygen atoms in total. The molecular weight excluding hydrogens is 248 g/mol. The molecule has 0 bridgehead atoms. The van der Waals surface area contributed by atoms with Crippen LogP contribution in [-0.2, 0) is 14.3 Å². The van der Waals surface area contributed by atoms with Gasteiger partial charge in [0.2, 0.25) is 5.91 Å². The molecule has 0 aromatic heterocycles. The molecule has 0 aromatic carbocycles. The zero-order chi connectivity index (χ0) is 13.8. The Morgan fingerprint density at radius 3 is 2.95 bits per heavy atom. The zero-order valence-electron chi connectivity index (χ0n) is 11.4. The third kappa shape index (κ3) is 3.25. The number of piperidine rings is 1. The van der Waals surface area contributed by atoms with Gasteiger partial charge in [-0.25, -0.2) is 4.79 Å². The fraction of sp³-hybridized carbons (Fsp3) is 0.846. The van der Waals surface area contributed by atoms with Crippen molar-refractivity contribution in [3.63, 3.8) is 0 Å². The zero-order valence-corrected chi connectivity index (χ0v) is 11.4. The van der Waals surface area contributed by atoms with Crippen molar-refractivity contribution in [2.45, 2.75) is 38.3 Å². The number of carbonyl (C=O) groups excluding carboxylic acids is 1. The molecule has 0 spiro atoms. The van der Waals surface area contributed by atoms with Gasteiger partial charge in [0.1, 0.15) is 6.61 Å². The van der Waals surface area contributed by atoms with E-state index in [1.54, 1.807) is 0 Å². The molecule has 6 heteroatoms. The number of aliphatic carboxylic acids is 1. The van der Waals surface area contributed by atoms with E-state index in [0.717, 1.165) is 25.9 Å². The van der Waals surface area contributed by atoms with Crippen molar-refractivity contribution < 1.29 is 19.4 Å². The number of rotatable bonds is 4. The molecule has 1 N–H and O–H groups in total. The van der Waals surface area contributed by atoms with Crippen LogP contribution in [0.15, 0.2) is 0 Å². The van der Waals surface area contributed by atoms with Crippen LogP contribution in [-0.4, -0.2) is 71.7 Å². The lowest BCUT2D eigenvalue weighted by atomic mass is 10.0. The van der Waals surface area contributed by atoms with E-state index in [1.165, 1.54) is 11.3 Å². The lowest BCUT2D eigenvalue weighted by Gasteiger charge is -2.41. The smallest absolute Gasteiger partial charge is 0.328 e. The van der Waals surface area contributed by atoms with Crippen molar-refractivity contribution in [2.75, 3.05) is 32.8 Å². The van der Waals surface area contributed by atoms with Gasteiger partial charge in [-0.3, -0.25) is 9.69 Å². The summed E-state index contributed by atoms with van der Waals surface area (Å²) in [5.74, 6) is -1.19. The van der Waals surface area contributed by atoms with Gasteiger partial charge in [0.25, 0.3) is 0 Å². The number of ether oxygens (including phenoxy) is 1. The third-order valence-electron chi connectivity index (χ3n) is 4.05. The number of hydrogen-bond donors (Lipinski definition) is 1. The number of likely N-dealkylation sites (tertiary alicyclic amines) is 1. The van der Waals surface area contributed by atoms with Crippen LogP contribution >= 0.6 is 0 Å². The molecule has 19 heavy (non-hydrogen) atoms. The van der Waals surface area contributed by atoms with Crippen LogP contribution in [0.4, 0.5) is 0 Å². The summed E-state index contributed by atoms with van der Waals surface area (Å²) in [6, 6.07) is -0.551. The van der Waals surface area contributed by atoms with Crippen molar-refractivity contribution in [3.8, 4) is 0 Å². The molecule has 2 saturated heterocycles. The van der Waals surface area contributed by atoms with Crippen molar-refractivity contribution in [1.82, 2.24) is 9.80 Å². The highest BCUT2D eigenvalue weighted by molar-refractivity contribution is 5.85. The summed E-state index contributed by atoms with van der Waals surface area (Å²) in [5.41, 5.74) is 0. The van der Waals surface area contributed by atoms with Crippen LogP contribution in [0.25, 0.3) is 0 Å². The summed E-state index contributed by atoms with van der Waals surface area (Å²) in [7, 11) is 0. The first-order chi connectivity index (χ1) is 9.13. The molecule has 2 fully saturated rings. The van der Waals surface area contributed by atoms with Crippen LogP contribution in [0.5, 0.6) is 0 Å². The first kappa shape index (κ1) is 14.3. The highest BCUT2D eigenvalue weighted by Gasteiger charge is 2.36. The number of likely N-dealkylation sites (N-methyl/N-ethyl adjacent to an activating group) is 1. The molecule has 2 aliphatic rings. The SMILES string of the molecule is CCN1CCCCC1CN1C(=O)COCC1C(=O)O. The second-order valence-corrected chi connectivity index (χ2v) is 5.19. The van der Waals surface area contributed by atoms with E-state index >= 15 is 0 Å². The fourth-order valence-electron chi connectivity index (χ4n) is 2.95. The molecule has 0 aromatic rings. The number of carboxylic acids is 1. The molecule has 108 valence electrons. The normalized spacial score (nSPS) is 29.5. The first-order valence-corrected chi connectivity index (χ1v) is 6.97. The molecule has 1 amide bonds. The molecule has 0 saturated carbocycles. The predicted octanol–water partition coefficient (Wildman–Crippen LogP) is 0.173. The Kier molecular flexibility index (Phi) is 4.76. The van der Waals surface area contributed by atoms with Crippen LogP contribution in [0.2, 0.25) is 0 Å². The highest BCUT2D eigenvalue weighted by Crippen LogP contribution is 2.20. The van der Waals surface area contributed by atoms with Gasteiger partial charge in [-0.15, -0.1) is 0 Å². The topological polar surface area (TPSA) is 70.1 Å². The summed E-state index contributed by atoms with van der Waals surface area (Å²) in [6.07, 6.45) is 3.37. The quantitative estimate of drug-likeness (QED) is 0.788. The third-order valence-corrected chi connectivity index (χ3v) is 4.05. The average Bonchev–Trinajstić information content (AvgIpc) is 2.41. The highest BCUT2D eigenvalue weighted by atomic mass is 16.5. The largest absolute Gasteiger partial charge is 0.480 e. The van der Waals surface area contributed by atoms with Gasteiger partial charge in [-0.1, -0.05) is 13.3 Å². The Labute approximate surface area is 113 Å². The molecule has 2 aliphatic heterocycles. The van der Waals surface area contributed by atoms with Gasteiger partial charge < -0.3 is 14.7 Å². The Balaban J connectivity index is 2.04. The van der Waals surface area contributed by atoms with Crippen LogP contribution in [0.3, 0.4) is 0 Å². The van der Waals surface area contributed by atoms with Gasteiger partial charge in [-0.2, -0.15) is 0 Å². The van der Waals surface area contributed by atoms with Gasteiger partial charge >= 0.3 is 5.97 Å². The minimum absolute atomic E-state index is 0.00260. The number of amides is 1. The van der Waals surface area contributed by atoms with Gasteiger partial charge in [-0.05, 0) is 25.9 Å². The van der Waals surface area contributed by atoms with Gasteiger partial charge in [0.05, 0.1) is 6.61 Å². The Bertz CT molecular complexity index is 348. The molecule has 2 unspecified atom stereocenters. The lowest BCUT2D eigenvalue weighted by Crippen LogP contribution is -2.58. The second-order valence-electron chi connectivity index (χ2n) is 5.19. The Morgan fingerprint density at radius 2 is 2.26 bits per heavy atom. The number of morpholine rings is 1. The summed E-state index contributed by atoms with van der Waals surface area (Å²) < 4.78 is 5.04. The van der Waals surface area contributed by atoms with E-state index in [-0.39, 0.29) is 25.2 Å². The van der Waals surface area contributed by atoms with Crippen LogP contribution in [0.1, 0.15) is 26.2 Å². The molecule has 0 aliphatic carbocycles. The molecular formula is C13H22N2O4. The second kappa shape index (κ2) is 6.34. The fourth-order valence-corrected chi connectivity index (χ4v) is 2.95. The Hall–Kier alpha value is -1.14. The number of carboxylic acid groups (broad SMARTS) is 1. The number of hydrogen-bond acceptors (Lipinski definition) is 4. The maximum atomic E-state index is 11.9. The summed E-state index contributed by atoms with van der Waals surface area (Å²) >= 11 is 0. The van der Waals surface area contributed by atoms with E-state index in [1.807, 2.05) is 0 Å². The van der Waals surface area contributed by atoms with E-state index in [2.05, 4.69) is 11.8 Å². The monoisotopic (exact) mass is 270 g/mol. The summed E-state index contributed by atoms with van der Waals surface area (Å²) in [4.78, 5) is 26.9. The Morgan fingerprint density at radius 1 is 1.47 bits per heavy atom. The van der Waals surface area contributed by atoms with Crippen molar-refractivity contribution in [1.29, 1.82) is 0 Å². The van der Waals surface area contributed by atoms with E-state index in [9.17, 15) is 14.7 Å². The average molecular weight is 270 g/mol. The van der Waals surface area contributed by atoms with Gasteiger partial charge in [0, 0.05) is 12.6 Å². The first-order valence-electron chi connectivity index (χ1n) is 6.97. The predicted molar refractivity (Wildman–Crippen MR) is 68.8 cm³/mol. The molecule has 0 radical (unpaired) electrons. The van der Waals surface area contributed by atoms with Crippen molar-refractivity contribution in [2.24, 2.45) is 0 Å². The van der Waals surface area contributed by atoms with E-state index < -0.39 is 12.0 Å². The molecule has 2 atom stereocenters. The number of nitrogens with zero attached hydrogens (tertiary/aromatic N) is 2. The van der Waals surface area contributed by atoms with Crippen LogP contribution < -0.4 is 0 Å². The molecule has 2 rings (SSSR count). The van der Waals surface area contributed by atoms with E-state index in [4.69, 9.17) is 4.74 Å². The minimum Gasteiger partial charge on any atom is -0.480 e. The number of carbonyl (C=O) groups is 2. The summed E-state index contributed by atoms with van der Waals surface area (Å²) in [5, 5.41) is 9.19. The van der Waals surface area contributed by atoms with E-state index in [0.29, 0.717) is 6.54 Å². The standard InChI is InChI=1S/C13H22N2O4/c1-2-14-6-4-3-5-10(14)7-15-11(13(17)18)8-19-9-12(15)16/h10-11H,2-9H2,1H3,(H,17,18). The van der Waals surface area contributed by atoms with Crippen LogP contribution in [0, 0.1) is 0 Å². The maximum Gasteiger partial charge on any atom is 0.328 e. The maximum absolute atomic E-state index is 11.9. The van der Waals surface area contributed by atoms with Gasteiger partial charge in [0.15, 0.2) is 6.04 Å². The van der Waals surface area contributed by atoms with Crippen molar-refractivity contribution >= 4 is 11.9 Å². The summed E-state index contributed by atoms with van der Waals surface area (Å²) in [6.45, 7) is 4.70.